The molecular formula is C10H10N2O3. The number of imidazole rings is 1. The lowest BCUT2D eigenvalue weighted by Gasteiger charge is -2.05. The number of fused-ring (bicyclic) bond motifs is 1. The number of aromatic nitrogens is 2. The van der Waals surface area contributed by atoms with Crippen molar-refractivity contribution >= 4 is 17.0 Å². The van der Waals surface area contributed by atoms with Gasteiger partial charge in [-0.3, -0.25) is 0 Å². The van der Waals surface area contributed by atoms with Crippen LogP contribution in [0.2, 0.25) is 0 Å². The highest BCUT2D eigenvalue weighted by atomic mass is 16.7. The molecule has 1 heterocycles. The van der Waals surface area contributed by atoms with E-state index in [-0.39, 0.29) is 5.56 Å². The van der Waals surface area contributed by atoms with Gasteiger partial charge in [-0.15, -0.1) is 0 Å². The van der Waals surface area contributed by atoms with Crippen molar-refractivity contribution in [3.05, 3.63) is 30.1 Å². The largest absolute Gasteiger partial charge is 0.478 e. The average Bonchev–Trinajstić information content (AvgIpc) is 2.62. The molecule has 0 amide bonds. The van der Waals surface area contributed by atoms with Gasteiger partial charge >= 0.3 is 5.97 Å². The summed E-state index contributed by atoms with van der Waals surface area (Å²) in [7, 11) is 0. The van der Waals surface area contributed by atoms with E-state index in [2.05, 4.69) is 4.98 Å². The number of carboxylic acids is 1. The second-order valence-electron chi connectivity index (χ2n) is 2.97. The first-order valence-electron chi connectivity index (χ1n) is 4.56. The van der Waals surface area contributed by atoms with Gasteiger partial charge in [0.15, 0.2) is 0 Å². The zero-order valence-electron chi connectivity index (χ0n) is 8.17. The van der Waals surface area contributed by atoms with Gasteiger partial charge in [0.25, 0.3) is 0 Å². The minimum absolute atomic E-state index is 0.193. The summed E-state index contributed by atoms with van der Waals surface area (Å²) in [5, 5.41) is 9.00. The summed E-state index contributed by atoms with van der Waals surface area (Å²) in [5.41, 5.74) is 1.30. The first kappa shape index (κ1) is 9.51. The first-order valence-corrected chi connectivity index (χ1v) is 4.56. The van der Waals surface area contributed by atoms with Crippen LogP contribution in [0.15, 0.2) is 24.5 Å². The highest BCUT2D eigenvalue weighted by Crippen LogP contribution is 2.16. The Labute approximate surface area is 85.9 Å². The van der Waals surface area contributed by atoms with Crippen LogP contribution >= 0.6 is 0 Å². The molecule has 0 aliphatic rings. The molecule has 0 saturated heterocycles. The van der Waals surface area contributed by atoms with Gasteiger partial charge in [-0.2, -0.15) is 4.73 Å². The zero-order valence-corrected chi connectivity index (χ0v) is 8.17. The van der Waals surface area contributed by atoms with E-state index in [1.165, 1.54) is 17.1 Å². The molecule has 0 fully saturated rings. The van der Waals surface area contributed by atoms with Crippen LogP contribution < -0.4 is 4.84 Å². The molecule has 1 N–H and O–H groups in total. The summed E-state index contributed by atoms with van der Waals surface area (Å²) in [4.78, 5) is 20.3. The summed E-state index contributed by atoms with van der Waals surface area (Å²) in [6.45, 7) is 2.29. The SMILES string of the molecule is CCOn1cnc2cccc(C(=O)O)c21. The number of nitrogens with zero attached hydrogens (tertiary/aromatic N) is 2. The molecule has 0 aliphatic heterocycles. The predicted molar refractivity (Wildman–Crippen MR) is 53.8 cm³/mol. The lowest BCUT2D eigenvalue weighted by atomic mass is 10.2. The summed E-state index contributed by atoms with van der Waals surface area (Å²) in [5.74, 6) is -0.984. The van der Waals surface area contributed by atoms with E-state index in [0.29, 0.717) is 17.6 Å². The van der Waals surface area contributed by atoms with Crippen molar-refractivity contribution in [2.24, 2.45) is 0 Å². The molecule has 5 nitrogen and oxygen atoms in total. The molecular weight excluding hydrogens is 196 g/mol. The molecule has 0 spiro atoms. The summed E-state index contributed by atoms with van der Waals surface area (Å²) in [6.07, 6.45) is 1.47. The number of para-hydroxylation sites is 1. The van der Waals surface area contributed by atoms with Crippen molar-refractivity contribution in [1.82, 2.24) is 9.71 Å². The number of hydrogen-bond donors (Lipinski definition) is 1. The maximum atomic E-state index is 11.0. The first-order chi connectivity index (χ1) is 7.24. The van der Waals surface area contributed by atoms with Crippen molar-refractivity contribution < 1.29 is 14.7 Å². The minimum atomic E-state index is -0.984. The molecule has 1 aromatic heterocycles. The van der Waals surface area contributed by atoms with Crippen LogP contribution in [-0.2, 0) is 0 Å². The Bertz CT molecular complexity index is 504. The number of carbonyl (C=O) groups is 1. The summed E-state index contributed by atoms with van der Waals surface area (Å²) in [6, 6.07) is 4.94. The lowest BCUT2D eigenvalue weighted by molar-refractivity contribution is 0.0695. The Morgan fingerprint density at radius 3 is 3.07 bits per heavy atom. The van der Waals surface area contributed by atoms with Gasteiger partial charge in [0.1, 0.15) is 18.5 Å². The van der Waals surface area contributed by atoms with Crippen LogP contribution in [0.4, 0.5) is 0 Å². The monoisotopic (exact) mass is 206 g/mol. The second kappa shape index (κ2) is 3.61. The molecule has 0 aliphatic carbocycles. The van der Waals surface area contributed by atoms with Gasteiger partial charge in [0.05, 0.1) is 11.1 Å². The molecule has 2 aromatic rings. The molecule has 78 valence electrons. The van der Waals surface area contributed by atoms with E-state index in [0.717, 1.165) is 0 Å². The van der Waals surface area contributed by atoms with Gasteiger partial charge in [-0.05, 0) is 19.1 Å². The third-order valence-electron chi connectivity index (χ3n) is 2.04. The van der Waals surface area contributed by atoms with Crippen LogP contribution in [-0.4, -0.2) is 27.4 Å². The molecule has 15 heavy (non-hydrogen) atoms. The van der Waals surface area contributed by atoms with E-state index in [9.17, 15) is 4.79 Å². The number of hydrogen-bond acceptors (Lipinski definition) is 3. The van der Waals surface area contributed by atoms with Gasteiger partial charge < -0.3 is 9.94 Å². The molecule has 1 aromatic carbocycles. The van der Waals surface area contributed by atoms with E-state index in [1.807, 2.05) is 6.92 Å². The number of carboxylic acid groups (broad SMARTS) is 1. The van der Waals surface area contributed by atoms with Crippen molar-refractivity contribution in [2.75, 3.05) is 6.61 Å². The van der Waals surface area contributed by atoms with Crippen molar-refractivity contribution in [1.29, 1.82) is 0 Å². The lowest BCUT2D eigenvalue weighted by Crippen LogP contribution is -2.11. The molecule has 0 radical (unpaired) electrons. The zero-order chi connectivity index (χ0) is 10.8. The maximum Gasteiger partial charge on any atom is 0.338 e. The Morgan fingerprint density at radius 1 is 1.60 bits per heavy atom. The minimum Gasteiger partial charge on any atom is -0.478 e. The summed E-state index contributed by atoms with van der Waals surface area (Å²) >= 11 is 0. The van der Waals surface area contributed by atoms with Gasteiger partial charge in [0.2, 0.25) is 0 Å². The van der Waals surface area contributed by atoms with Crippen LogP contribution in [0.3, 0.4) is 0 Å². The van der Waals surface area contributed by atoms with Gasteiger partial charge in [-0.25, -0.2) is 9.78 Å². The van der Waals surface area contributed by atoms with Crippen LogP contribution in [0, 0.1) is 0 Å². The number of rotatable bonds is 3. The standard InChI is InChI=1S/C10H10N2O3/c1-2-15-12-6-11-8-5-3-4-7(9(8)12)10(13)14/h3-6H,2H2,1H3,(H,13,14). The highest BCUT2D eigenvalue weighted by Gasteiger charge is 2.13. The van der Waals surface area contributed by atoms with E-state index in [4.69, 9.17) is 9.94 Å². The smallest absolute Gasteiger partial charge is 0.338 e. The van der Waals surface area contributed by atoms with E-state index >= 15 is 0 Å². The Balaban J connectivity index is 2.69. The normalized spacial score (nSPS) is 10.5. The fraction of sp³-hybridized carbons (Fsp3) is 0.200. The van der Waals surface area contributed by atoms with Crippen molar-refractivity contribution in [2.45, 2.75) is 6.92 Å². The van der Waals surface area contributed by atoms with Gasteiger partial charge in [-0.1, -0.05) is 6.07 Å². The quantitative estimate of drug-likeness (QED) is 0.819. The number of aromatic carboxylic acids is 1. The molecule has 0 atom stereocenters. The third-order valence-corrected chi connectivity index (χ3v) is 2.04. The Morgan fingerprint density at radius 2 is 2.40 bits per heavy atom. The predicted octanol–water partition coefficient (Wildman–Crippen LogP) is 1.18. The fourth-order valence-corrected chi connectivity index (χ4v) is 1.45. The van der Waals surface area contributed by atoms with Gasteiger partial charge in [0, 0.05) is 0 Å². The Kier molecular flexibility index (Phi) is 2.29. The van der Waals surface area contributed by atoms with Crippen LogP contribution in [0.25, 0.3) is 11.0 Å². The van der Waals surface area contributed by atoms with Crippen molar-refractivity contribution in [3.8, 4) is 0 Å². The Hall–Kier alpha value is -2.04. The maximum absolute atomic E-state index is 11.0. The average molecular weight is 206 g/mol. The summed E-state index contributed by atoms with van der Waals surface area (Å²) < 4.78 is 1.39. The third kappa shape index (κ3) is 1.52. The second-order valence-corrected chi connectivity index (χ2v) is 2.97. The number of benzene rings is 1. The molecule has 0 saturated carbocycles. The van der Waals surface area contributed by atoms with Crippen LogP contribution in [0.1, 0.15) is 17.3 Å². The molecule has 2 rings (SSSR count). The topological polar surface area (TPSA) is 64.4 Å². The molecule has 5 heteroatoms. The fourth-order valence-electron chi connectivity index (χ4n) is 1.45. The molecule has 0 unspecified atom stereocenters. The van der Waals surface area contributed by atoms with Crippen LogP contribution in [0.5, 0.6) is 0 Å². The molecule has 0 bridgehead atoms. The van der Waals surface area contributed by atoms with Crippen molar-refractivity contribution in [3.63, 3.8) is 0 Å². The van der Waals surface area contributed by atoms with E-state index in [1.54, 1.807) is 12.1 Å². The van der Waals surface area contributed by atoms with E-state index < -0.39 is 5.97 Å². The highest BCUT2D eigenvalue weighted by molar-refractivity contribution is 6.00.